The molecule has 19 heteroatoms. The second-order valence-corrected chi connectivity index (χ2v) is 30.9. The number of hydrogen-bond acceptors (Lipinski definition) is 15. The van der Waals surface area contributed by atoms with E-state index in [-0.39, 0.29) is 25.7 Å². The lowest BCUT2D eigenvalue weighted by atomic mass is 9.99. The summed E-state index contributed by atoms with van der Waals surface area (Å²) in [5.41, 5.74) is 0. The van der Waals surface area contributed by atoms with Gasteiger partial charge in [0.15, 0.2) is 12.2 Å². The van der Waals surface area contributed by atoms with Gasteiger partial charge in [0, 0.05) is 25.7 Å². The molecule has 0 fully saturated rings. The predicted molar refractivity (Wildman–Crippen MR) is 372 cm³/mol. The molecule has 0 aromatic heterocycles. The second kappa shape index (κ2) is 62.6. The second-order valence-electron chi connectivity index (χ2n) is 28.0. The van der Waals surface area contributed by atoms with Gasteiger partial charge in [0.1, 0.15) is 19.3 Å². The Morgan fingerprint density at radius 3 is 0.772 bits per heavy atom. The molecule has 92 heavy (non-hydrogen) atoms. The Bertz CT molecular complexity index is 1820. The fourth-order valence-corrected chi connectivity index (χ4v) is 12.6. The summed E-state index contributed by atoms with van der Waals surface area (Å²) in [4.78, 5) is 72.6. The first-order valence-corrected chi connectivity index (χ1v) is 40.7. The summed E-state index contributed by atoms with van der Waals surface area (Å²) in [5, 5.41) is 10.6. The zero-order chi connectivity index (χ0) is 68.2. The molecule has 0 aromatic carbocycles. The predicted octanol–water partition coefficient (Wildman–Crippen LogP) is 20.9. The molecule has 17 nitrogen and oxygen atoms in total. The number of ether oxygens (including phenoxy) is 4. The molecule has 0 aromatic rings. The summed E-state index contributed by atoms with van der Waals surface area (Å²) in [7, 11) is -9.91. The third-order valence-corrected chi connectivity index (χ3v) is 19.1. The Labute approximate surface area is 562 Å². The largest absolute Gasteiger partial charge is 0.472 e. The van der Waals surface area contributed by atoms with Gasteiger partial charge in [-0.3, -0.25) is 37.3 Å². The highest BCUT2D eigenvalue weighted by molar-refractivity contribution is 7.47. The number of aliphatic hydroxyl groups excluding tert-OH is 1. The lowest BCUT2D eigenvalue weighted by molar-refractivity contribution is -0.161. The fourth-order valence-electron chi connectivity index (χ4n) is 11.0. The van der Waals surface area contributed by atoms with Crippen LogP contribution in [0, 0.1) is 23.7 Å². The van der Waals surface area contributed by atoms with Crippen LogP contribution in [-0.4, -0.2) is 96.7 Å². The van der Waals surface area contributed by atoms with E-state index in [4.69, 9.17) is 37.0 Å². The molecule has 0 aliphatic heterocycles. The van der Waals surface area contributed by atoms with Crippen molar-refractivity contribution >= 4 is 39.5 Å². The van der Waals surface area contributed by atoms with Crippen LogP contribution < -0.4 is 0 Å². The van der Waals surface area contributed by atoms with Crippen molar-refractivity contribution in [3.63, 3.8) is 0 Å². The SMILES string of the molecule is CCC(C)CCCCCCCCCCCCCCCCC(=O)OC[C@H](COP(=O)(O)OCC(O)COP(=O)(O)OC[C@@H](COC(=O)CCCCCCCCCC(C)C)OC(=O)CCCCCCCCCCCCC(C)C)OC(=O)CCCCCCCCCCC(C)C. The molecule has 0 bridgehead atoms. The van der Waals surface area contributed by atoms with E-state index in [1.165, 1.54) is 161 Å². The van der Waals surface area contributed by atoms with Crippen LogP contribution in [0.25, 0.3) is 0 Å². The minimum atomic E-state index is -4.95. The quantitative estimate of drug-likeness (QED) is 0.0222. The van der Waals surface area contributed by atoms with Crippen molar-refractivity contribution in [2.24, 2.45) is 23.7 Å². The molecule has 546 valence electrons. The van der Waals surface area contributed by atoms with E-state index in [9.17, 15) is 43.2 Å². The van der Waals surface area contributed by atoms with Crippen LogP contribution in [0.1, 0.15) is 364 Å². The van der Waals surface area contributed by atoms with Crippen LogP contribution in [0.3, 0.4) is 0 Å². The average molecular weight is 1350 g/mol. The van der Waals surface area contributed by atoms with Gasteiger partial charge in [0.05, 0.1) is 26.4 Å². The minimum Gasteiger partial charge on any atom is -0.462 e. The van der Waals surface area contributed by atoms with Crippen LogP contribution >= 0.6 is 15.6 Å². The van der Waals surface area contributed by atoms with Gasteiger partial charge in [0.2, 0.25) is 0 Å². The van der Waals surface area contributed by atoms with Gasteiger partial charge in [-0.15, -0.1) is 0 Å². The van der Waals surface area contributed by atoms with Crippen molar-refractivity contribution in [1.82, 2.24) is 0 Å². The summed E-state index contributed by atoms with van der Waals surface area (Å²) in [6.07, 6.45) is 45.9. The molecule has 3 N–H and O–H groups in total. The summed E-state index contributed by atoms with van der Waals surface area (Å²) >= 11 is 0. The number of hydrogen-bond donors (Lipinski definition) is 3. The maximum Gasteiger partial charge on any atom is 0.472 e. The zero-order valence-corrected chi connectivity index (χ0v) is 62.0. The van der Waals surface area contributed by atoms with Crippen LogP contribution in [0.4, 0.5) is 0 Å². The van der Waals surface area contributed by atoms with E-state index in [0.29, 0.717) is 31.6 Å². The van der Waals surface area contributed by atoms with Crippen LogP contribution in [0.2, 0.25) is 0 Å². The monoisotopic (exact) mass is 1350 g/mol. The molecular weight excluding hydrogens is 1210 g/mol. The first kappa shape index (κ1) is 90.1. The van der Waals surface area contributed by atoms with Gasteiger partial charge in [-0.25, -0.2) is 9.13 Å². The molecule has 0 radical (unpaired) electrons. The van der Waals surface area contributed by atoms with E-state index in [0.717, 1.165) is 114 Å². The number of aliphatic hydroxyl groups is 1. The number of unbranched alkanes of at least 4 members (excludes halogenated alkanes) is 35. The first-order chi connectivity index (χ1) is 44.1. The van der Waals surface area contributed by atoms with Crippen LogP contribution in [0.5, 0.6) is 0 Å². The summed E-state index contributed by atoms with van der Waals surface area (Å²) in [5.74, 6) is 0.898. The molecule has 0 amide bonds. The van der Waals surface area contributed by atoms with Gasteiger partial charge in [-0.05, 0) is 49.4 Å². The van der Waals surface area contributed by atoms with Crippen molar-refractivity contribution in [1.29, 1.82) is 0 Å². The molecule has 0 aliphatic rings. The van der Waals surface area contributed by atoms with Crippen molar-refractivity contribution in [2.45, 2.75) is 382 Å². The highest BCUT2D eigenvalue weighted by atomic mass is 31.2. The lowest BCUT2D eigenvalue weighted by Crippen LogP contribution is -2.30. The maximum atomic E-state index is 13.0. The standard InChI is InChI=1S/C73H142O17P2/c1-9-66(8)52-44-36-28-19-14-12-10-11-13-15-20-29-37-45-53-70(75)83-59-68(90-73(78)56-48-40-31-23-22-26-34-42-50-64(4)5)61-87-91(79,80)85-57-67(74)58-86-92(81,82)88-62-69(60-84-71(76)54-46-38-32-24-27-35-43-51-65(6)7)89-72(77)55-47-39-30-21-17-16-18-25-33-41-49-63(2)3/h63-69,74H,9-62H2,1-8H3,(H,79,80)(H,81,82)/t66?,67?,68-,69-/m1/s1. The number of carbonyl (C=O) groups excluding carboxylic acids is 4. The van der Waals surface area contributed by atoms with E-state index in [1.54, 1.807) is 0 Å². The number of esters is 4. The molecule has 0 heterocycles. The van der Waals surface area contributed by atoms with E-state index < -0.39 is 97.5 Å². The van der Waals surface area contributed by atoms with Gasteiger partial charge in [-0.1, -0.05) is 312 Å². The van der Waals surface area contributed by atoms with Crippen molar-refractivity contribution in [2.75, 3.05) is 39.6 Å². The smallest absolute Gasteiger partial charge is 0.462 e. The van der Waals surface area contributed by atoms with Gasteiger partial charge >= 0.3 is 39.5 Å². The average Bonchev–Trinajstić information content (AvgIpc) is 1.75. The van der Waals surface area contributed by atoms with Crippen LogP contribution in [0.15, 0.2) is 0 Å². The van der Waals surface area contributed by atoms with Crippen LogP contribution in [-0.2, 0) is 65.4 Å². The van der Waals surface area contributed by atoms with Crippen molar-refractivity contribution in [3.05, 3.63) is 0 Å². The van der Waals surface area contributed by atoms with Crippen molar-refractivity contribution < 1.29 is 80.2 Å². The molecule has 0 saturated carbocycles. The summed E-state index contributed by atoms with van der Waals surface area (Å²) in [6.45, 7) is 14.1. The maximum absolute atomic E-state index is 13.0. The normalized spacial score (nSPS) is 14.5. The Kier molecular flexibility index (Phi) is 61.3. The number of phosphoric ester groups is 2. The van der Waals surface area contributed by atoms with E-state index in [1.807, 2.05) is 0 Å². The molecular formula is C73H142O17P2. The highest BCUT2D eigenvalue weighted by Crippen LogP contribution is 2.45. The minimum absolute atomic E-state index is 0.104. The fraction of sp³-hybridized carbons (Fsp3) is 0.945. The Morgan fingerprint density at radius 1 is 0.304 bits per heavy atom. The molecule has 0 aliphatic carbocycles. The van der Waals surface area contributed by atoms with Gasteiger partial charge < -0.3 is 33.8 Å². The Hall–Kier alpha value is -1.94. The lowest BCUT2D eigenvalue weighted by Gasteiger charge is -2.21. The topological polar surface area (TPSA) is 237 Å². The Morgan fingerprint density at radius 2 is 0.522 bits per heavy atom. The van der Waals surface area contributed by atoms with E-state index in [2.05, 4.69) is 55.4 Å². The Balaban J connectivity index is 5.21. The molecule has 0 saturated heterocycles. The third kappa shape index (κ3) is 65.4. The third-order valence-electron chi connectivity index (χ3n) is 17.2. The van der Waals surface area contributed by atoms with Gasteiger partial charge in [-0.2, -0.15) is 0 Å². The highest BCUT2D eigenvalue weighted by Gasteiger charge is 2.30. The van der Waals surface area contributed by atoms with Gasteiger partial charge in [0.25, 0.3) is 0 Å². The number of carbonyl (C=O) groups is 4. The summed E-state index contributed by atoms with van der Waals surface area (Å²) in [6, 6.07) is 0. The van der Waals surface area contributed by atoms with Crippen molar-refractivity contribution in [3.8, 4) is 0 Å². The summed E-state index contributed by atoms with van der Waals surface area (Å²) < 4.78 is 68.4. The molecule has 0 rings (SSSR count). The molecule has 0 spiro atoms. The number of rotatable bonds is 70. The molecule has 4 unspecified atom stereocenters. The molecule has 6 atom stereocenters. The number of phosphoric acid groups is 2. The van der Waals surface area contributed by atoms with E-state index >= 15 is 0 Å². The first-order valence-electron chi connectivity index (χ1n) is 37.7. The zero-order valence-electron chi connectivity index (χ0n) is 60.2.